The molecule has 0 aromatic heterocycles. The van der Waals surface area contributed by atoms with Crippen LogP contribution in [0.25, 0.3) is 0 Å². The lowest BCUT2D eigenvalue weighted by molar-refractivity contribution is 0.330. The van der Waals surface area contributed by atoms with E-state index in [0.717, 1.165) is 12.8 Å². The number of halogens is 1. The van der Waals surface area contributed by atoms with Crippen LogP contribution in [-0.2, 0) is 0 Å². The molecule has 0 N–H and O–H groups in total. The fraction of sp³-hybridized carbons (Fsp3) is 1.00. The molecule has 0 aromatic rings. The van der Waals surface area contributed by atoms with E-state index in [0.29, 0.717) is 0 Å². The van der Waals surface area contributed by atoms with Crippen LogP contribution in [0.1, 0.15) is 52.4 Å². The number of hydrogen-bond acceptors (Lipinski definition) is 0. The predicted molar refractivity (Wildman–Crippen MR) is 43.9 cm³/mol. The van der Waals surface area contributed by atoms with Gasteiger partial charge in [0.25, 0.3) is 0 Å². The van der Waals surface area contributed by atoms with Crippen LogP contribution in [0.5, 0.6) is 0 Å². The summed E-state index contributed by atoms with van der Waals surface area (Å²) in [6, 6.07) is 0. The van der Waals surface area contributed by atoms with Gasteiger partial charge in [0.15, 0.2) is 0 Å². The van der Waals surface area contributed by atoms with Gasteiger partial charge in [-0.15, -0.1) is 0 Å². The van der Waals surface area contributed by atoms with Gasteiger partial charge in [0.05, 0.1) is 6.17 Å². The Morgan fingerprint density at radius 1 is 1.10 bits per heavy atom. The van der Waals surface area contributed by atoms with E-state index in [9.17, 15) is 4.39 Å². The van der Waals surface area contributed by atoms with Crippen LogP contribution in [-0.4, -0.2) is 6.17 Å². The van der Waals surface area contributed by atoms with Gasteiger partial charge in [-0.2, -0.15) is 0 Å². The van der Waals surface area contributed by atoms with E-state index in [1.807, 2.05) is 0 Å². The molecule has 0 spiro atoms. The van der Waals surface area contributed by atoms with Crippen LogP contribution in [0.4, 0.5) is 4.39 Å². The number of rotatable bonds is 6. The van der Waals surface area contributed by atoms with E-state index in [1.54, 1.807) is 6.92 Å². The Hall–Kier alpha value is -0.0700. The maximum Gasteiger partial charge on any atom is 0.0973 e. The molecular weight excluding hydrogens is 127 g/mol. The summed E-state index contributed by atoms with van der Waals surface area (Å²) in [6.45, 7) is 3.83. The summed E-state index contributed by atoms with van der Waals surface area (Å²) < 4.78 is 12.2. The second kappa shape index (κ2) is 7.04. The first-order valence-corrected chi connectivity index (χ1v) is 4.41. The number of unbranched alkanes of at least 4 members (excludes halogenated alkanes) is 4. The molecule has 10 heavy (non-hydrogen) atoms. The topological polar surface area (TPSA) is 0 Å². The van der Waals surface area contributed by atoms with E-state index < -0.39 is 6.17 Å². The van der Waals surface area contributed by atoms with Gasteiger partial charge < -0.3 is 0 Å². The van der Waals surface area contributed by atoms with Gasteiger partial charge in [-0.3, -0.25) is 0 Å². The molecule has 0 amide bonds. The maximum atomic E-state index is 12.2. The molecule has 0 bridgehead atoms. The zero-order valence-electron chi connectivity index (χ0n) is 7.20. The van der Waals surface area contributed by atoms with Gasteiger partial charge >= 0.3 is 0 Å². The Balaban J connectivity index is 2.77. The van der Waals surface area contributed by atoms with Crippen LogP contribution in [0.3, 0.4) is 0 Å². The molecule has 1 unspecified atom stereocenters. The van der Waals surface area contributed by atoms with Crippen molar-refractivity contribution >= 4 is 0 Å². The molecule has 0 aliphatic carbocycles. The first-order valence-electron chi connectivity index (χ1n) is 4.41. The third kappa shape index (κ3) is 7.93. The highest BCUT2D eigenvalue weighted by Gasteiger charge is 1.96. The summed E-state index contributed by atoms with van der Waals surface area (Å²) in [6.07, 6.45) is 6.29. The Morgan fingerprint density at radius 3 is 2.20 bits per heavy atom. The molecule has 0 radical (unpaired) electrons. The van der Waals surface area contributed by atoms with Crippen LogP contribution in [0.2, 0.25) is 0 Å². The van der Waals surface area contributed by atoms with Gasteiger partial charge in [-0.1, -0.05) is 39.0 Å². The van der Waals surface area contributed by atoms with Crippen molar-refractivity contribution in [2.75, 3.05) is 0 Å². The third-order valence-corrected chi connectivity index (χ3v) is 1.71. The summed E-state index contributed by atoms with van der Waals surface area (Å²) >= 11 is 0. The molecule has 0 saturated carbocycles. The average molecular weight is 146 g/mol. The lowest BCUT2D eigenvalue weighted by Gasteiger charge is -2.00. The monoisotopic (exact) mass is 146 g/mol. The van der Waals surface area contributed by atoms with Gasteiger partial charge in [0, 0.05) is 0 Å². The van der Waals surface area contributed by atoms with E-state index in [-0.39, 0.29) is 0 Å². The van der Waals surface area contributed by atoms with Crippen LogP contribution in [0.15, 0.2) is 0 Å². The van der Waals surface area contributed by atoms with Crippen molar-refractivity contribution in [3.8, 4) is 0 Å². The maximum absolute atomic E-state index is 12.2. The second-order valence-electron chi connectivity index (χ2n) is 2.98. The zero-order chi connectivity index (χ0) is 7.82. The van der Waals surface area contributed by atoms with Crippen molar-refractivity contribution in [1.82, 2.24) is 0 Å². The summed E-state index contributed by atoms with van der Waals surface area (Å²) in [5.74, 6) is 0. The molecule has 1 atom stereocenters. The zero-order valence-corrected chi connectivity index (χ0v) is 7.20. The van der Waals surface area contributed by atoms with Crippen molar-refractivity contribution in [2.45, 2.75) is 58.5 Å². The Labute approximate surface area is 63.8 Å². The van der Waals surface area contributed by atoms with Crippen LogP contribution < -0.4 is 0 Å². The molecule has 0 aromatic carbocycles. The summed E-state index contributed by atoms with van der Waals surface area (Å²) in [7, 11) is 0. The second-order valence-corrected chi connectivity index (χ2v) is 2.98. The minimum absolute atomic E-state index is 0.596. The number of hydrogen-bond donors (Lipinski definition) is 0. The molecule has 62 valence electrons. The Kier molecular flexibility index (Phi) is 6.99. The molecule has 0 rings (SSSR count). The predicted octanol–water partition coefficient (Wildman–Crippen LogP) is 3.70. The van der Waals surface area contributed by atoms with Crippen LogP contribution in [0, 0.1) is 0 Å². The lowest BCUT2D eigenvalue weighted by atomic mass is 10.1. The molecular formula is C9H19F. The molecule has 1 heteroatoms. The molecule has 0 fully saturated rings. The van der Waals surface area contributed by atoms with Gasteiger partial charge in [-0.25, -0.2) is 4.39 Å². The lowest BCUT2D eigenvalue weighted by Crippen LogP contribution is -1.91. The number of alkyl halides is 1. The van der Waals surface area contributed by atoms with Crippen molar-refractivity contribution in [1.29, 1.82) is 0 Å². The molecule has 0 aliphatic rings. The quantitative estimate of drug-likeness (QED) is 0.501. The average Bonchev–Trinajstić information content (AvgIpc) is 1.87. The van der Waals surface area contributed by atoms with Crippen molar-refractivity contribution in [3.63, 3.8) is 0 Å². The first-order chi connectivity index (χ1) is 4.77. The van der Waals surface area contributed by atoms with Crippen molar-refractivity contribution in [3.05, 3.63) is 0 Å². The van der Waals surface area contributed by atoms with Crippen molar-refractivity contribution < 1.29 is 4.39 Å². The summed E-state index contributed by atoms with van der Waals surface area (Å²) in [4.78, 5) is 0. The Morgan fingerprint density at radius 2 is 1.70 bits per heavy atom. The molecule has 0 nitrogen and oxygen atoms in total. The fourth-order valence-electron chi connectivity index (χ4n) is 1.03. The van der Waals surface area contributed by atoms with Gasteiger partial charge in [0.2, 0.25) is 0 Å². The fourth-order valence-corrected chi connectivity index (χ4v) is 1.03. The normalized spacial score (nSPS) is 13.5. The van der Waals surface area contributed by atoms with Crippen molar-refractivity contribution in [2.24, 2.45) is 0 Å². The molecule has 0 heterocycles. The largest absolute Gasteiger partial charge is 0.248 e. The third-order valence-electron chi connectivity index (χ3n) is 1.71. The van der Waals surface area contributed by atoms with E-state index >= 15 is 0 Å². The van der Waals surface area contributed by atoms with E-state index in [2.05, 4.69) is 6.92 Å². The summed E-state index contributed by atoms with van der Waals surface area (Å²) in [5, 5.41) is 0. The molecule has 0 saturated heterocycles. The summed E-state index contributed by atoms with van der Waals surface area (Å²) in [5.41, 5.74) is 0. The highest BCUT2D eigenvalue weighted by atomic mass is 19.1. The van der Waals surface area contributed by atoms with Crippen LogP contribution >= 0.6 is 0 Å². The Bertz CT molecular complexity index is 59.7. The standard InChI is InChI=1S/C9H19F/c1-3-4-5-6-7-8-9(2)10/h9H,3-8H2,1-2H3. The highest BCUT2D eigenvalue weighted by molar-refractivity contribution is 4.48. The molecule has 0 aliphatic heterocycles. The van der Waals surface area contributed by atoms with E-state index in [1.165, 1.54) is 25.7 Å². The minimum Gasteiger partial charge on any atom is -0.248 e. The smallest absolute Gasteiger partial charge is 0.0973 e. The SMILES string of the molecule is CCCCCCCC(C)F. The van der Waals surface area contributed by atoms with Gasteiger partial charge in [0.1, 0.15) is 0 Å². The van der Waals surface area contributed by atoms with E-state index in [4.69, 9.17) is 0 Å². The van der Waals surface area contributed by atoms with Gasteiger partial charge in [-0.05, 0) is 13.3 Å². The minimum atomic E-state index is -0.596. The first kappa shape index (κ1) is 9.93. The highest BCUT2D eigenvalue weighted by Crippen LogP contribution is 2.08.